The average molecular weight is 219 g/mol. The van der Waals surface area contributed by atoms with Gasteiger partial charge in [-0.3, -0.25) is 4.79 Å². The molecule has 0 bridgehead atoms. The van der Waals surface area contributed by atoms with Gasteiger partial charge in [0.1, 0.15) is 5.75 Å². The van der Waals surface area contributed by atoms with Crippen molar-refractivity contribution < 1.29 is 13.2 Å². The summed E-state index contributed by atoms with van der Waals surface area (Å²) in [6, 6.07) is 0. The molecule has 1 rings (SSSR count). The van der Waals surface area contributed by atoms with Crippen molar-refractivity contribution in [2.75, 3.05) is 12.0 Å². The number of sulfone groups is 1. The third-order valence-corrected chi connectivity index (χ3v) is 2.88. The number of aromatic nitrogens is 1. The van der Waals surface area contributed by atoms with E-state index in [4.69, 9.17) is 0 Å². The van der Waals surface area contributed by atoms with Gasteiger partial charge in [0.05, 0.1) is 11.4 Å². The topological polar surface area (TPSA) is 64.1 Å². The number of nitrogens with zero attached hydrogens (tertiary/aromatic N) is 1. The highest BCUT2D eigenvalue weighted by molar-refractivity contribution is 7.91. The van der Waals surface area contributed by atoms with Gasteiger partial charge in [-0.15, -0.1) is 11.3 Å². The Balaban J connectivity index is 2.53. The number of rotatable bonds is 4. The minimum absolute atomic E-state index is 0.116. The Morgan fingerprint density at radius 2 is 2.31 bits per heavy atom. The summed E-state index contributed by atoms with van der Waals surface area (Å²) in [5.74, 6) is -0.704. The van der Waals surface area contributed by atoms with Gasteiger partial charge in [0.2, 0.25) is 0 Å². The zero-order chi connectivity index (χ0) is 9.90. The highest BCUT2D eigenvalue weighted by atomic mass is 32.2. The van der Waals surface area contributed by atoms with Crippen molar-refractivity contribution in [2.24, 2.45) is 0 Å². The van der Waals surface area contributed by atoms with E-state index in [1.807, 2.05) is 0 Å². The van der Waals surface area contributed by atoms with Crippen LogP contribution < -0.4 is 0 Å². The lowest BCUT2D eigenvalue weighted by Gasteiger charge is -1.95. The molecule has 0 unspecified atom stereocenters. The van der Waals surface area contributed by atoms with Crippen LogP contribution in [-0.4, -0.2) is 31.2 Å². The number of Topliss-reactive ketones (excluding diaryl/α,β-unsaturated/α-hetero) is 1. The minimum Gasteiger partial charge on any atom is -0.298 e. The van der Waals surface area contributed by atoms with Crippen LogP contribution in [0, 0.1) is 0 Å². The number of thiazole rings is 1. The van der Waals surface area contributed by atoms with Crippen LogP contribution in [0.5, 0.6) is 0 Å². The molecule has 0 aliphatic heterocycles. The van der Waals surface area contributed by atoms with E-state index >= 15 is 0 Å². The summed E-state index contributed by atoms with van der Waals surface area (Å²) >= 11 is 1.35. The molecule has 6 heteroatoms. The van der Waals surface area contributed by atoms with Crippen LogP contribution in [0.1, 0.15) is 5.01 Å². The fraction of sp³-hybridized carbons (Fsp3) is 0.429. The Labute approximate surface area is 80.5 Å². The summed E-state index contributed by atoms with van der Waals surface area (Å²) in [6.45, 7) is 0. The van der Waals surface area contributed by atoms with Crippen LogP contribution in [0.25, 0.3) is 0 Å². The normalized spacial score (nSPS) is 11.5. The van der Waals surface area contributed by atoms with Crippen molar-refractivity contribution in [3.05, 3.63) is 16.6 Å². The van der Waals surface area contributed by atoms with E-state index < -0.39 is 15.6 Å². The van der Waals surface area contributed by atoms with Crippen molar-refractivity contribution in [1.29, 1.82) is 0 Å². The molecule has 0 atom stereocenters. The summed E-state index contributed by atoms with van der Waals surface area (Å²) in [5, 5.41) is 2.41. The highest BCUT2D eigenvalue weighted by Gasteiger charge is 2.12. The van der Waals surface area contributed by atoms with Crippen molar-refractivity contribution >= 4 is 27.0 Å². The first kappa shape index (κ1) is 10.3. The fourth-order valence-corrected chi connectivity index (χ4v) is 2.18. The van der Waals surface area contributed by atoms with Crippen molar-refractivity contribution in [1.82, 2.24) is 4.98 Å². The first-order valence-electron chi connectivity index (χ1n) is 3.55. The summed E-state index contributed by atoms with van der Waals surface area (Å²) in [7, 11) is -3.20. The van der Waals surface area contributed by atoms with Gasteiger partial charge >= 0.3 is 0 Å². The second-order valence-electron chi connectivity index (χ2n) is 2.71. The maximum absolute atomic E-state index is 11.1. The second-order valence-corrected chi connectivity index (χ2v) is 5.83. The first-order chi connectivity index (χ1) is 5.97. The number of hydrogen-bond acceptors (Lipinski definition) is 5. The highest BCUT2D eigenvalue weighted by Crippen LogP contribution is 2.05. The Hall–Kier alpha value is -0.750. The molecule has 0 spiro atoms. The molecular formula is C7H9NO3S2. The van der Waals surface area contributed by atoms with E-state index in [0.29, 0.717) is 5.01 Å². The maximum Gasteiger partial charge on any atom is 0.154 e. The Morgan fingerprint density at radius 3 is 2.77 bits per heavy atom. The number of hydrogen-bond donors (Lipinski definition) is 0. The second kappa shape index (κ2) is 3.97. The first-order valence-corrected chi connectivity index (χ1v) is 6.49. The van der Waals surface area contributed by atoms with Gasteiger partial charge < -0.3 is 0 Å². The van der Waals surface area contributed by atoms with Gasteiger partial charge in [-0.1, -0.05) is 0 Å². The molecule has 13 heavy (non-hydrogen) atoms. The molecule has 0 fully saturated rings. The Bertz CT molecular complexity index is 380. The number of ketones is 1. The molecule has 0 radical (unpaired) electrons. The van der Waals surface area contributed by atoms with Gasteiger partial charge in [0.25, 0.3) is 0 Å². The zero-order valence-corrected chi connectivity index (χ0v) is 8.69. The van der Waals surface area contributed by atoms with E-state index in [2.05, 4.69) is 4.98 Å². The van der Waals surface area contributed by atoms with Crippen LogP contribution in [0.15, 0.2) is 11.6 Å². The standard InChI is InChI=1S/C7H9NO3S2/c1-13(10,11)5-6(9)4-7-8-2-3-12-7/h2-3H,4-5H2,1H3. The van der Waals surface area contributed by atoms with Crippen LogP contribution in [-0.2, 0) is 21.1 Å². The van der Waals surface area contributed by atoms with Crippen molar-refractivity contribution in [3.63, 3.8) is 0 Å². The predicted octanol–water partition coefficient (Wildman–Crippen LogP) is 0.299. The molecular weight excluding hydrogens is 210 g/mol. The van der Waals surface area contributed by atoms with E-state index in [0.717, 1.165) is 6.26 Å². The van der Waals surface area contributed by atoms with E-state index in [1.165, 1.54) is 11.3 Å². The maximum atomic E-state index is 11.1. The molecule has 0 N–H and O–H groups in total. The predicted molar refractivity (Wildman–Crippen MR) is 50.5 cm³/mol. The zero-order valence-electron chi connectivity index (χ0n) is 7.06. The van der Waals surface area contributed by atoms with Crippen LogP contribution in [0.4, 0.5) is 0 Å². The van der Waals surface area contributed by atoms with Gasteiger partial charge in [-0.05, 0) is 0 Å². The molecule has 0 aliphatic carbocycles. The van der Waals surface area contributed by atoms with Gasteiger partial charge in [0, 0.05) is 17.8 Å². The molecule has 4 nitrogen and oxygen atoms in total. The SMILES string of the molecule is CS(=O)(=O)CC(=O)Cc1nccs1. The molecule has 0 aliphatic rings. The third-order valence-electron chi connectivity index (χ3n) is 1.26. The molecule has 1 aromatic heterocycles. The third kappa shape index (κ3) is 4.14. The quantitative estimate of drug-likeness (QED) is 0.730. The molecule has 72 valence electrons. The largest absolute Gasteiger partial charge is 0.298 e. The molecule has 1 heterocycles. The Kier molecular flexibility index (Phi) is 3.16. The smallest absolute Gasteiger partial charge is 0.154 e. The fourth-order valence-electron chi connectivity index (χ4n) is 0.852. The molecule has 0 aromatic carbocycles. The van der Waals surface area contributed by atoms with Crippen LogP contribution in [0.2, 0.25) is 0 Å². The lowest BCUT2D eigenvalue weighted by molar-refractivity contribution is -0.116. The van der Waals surface area contributed by atoms with E-state index in [1.54, 1.807) is 11.6 Å². The molecule has 0 amide bonds. The van der Waals surface area contributed by atoms with Crippen molar-refractivity contribution in [3.8, 4) is 0 Å². The number of carbonyl (C=O) groups is 1. The number of carbonyl (C=O) groups excluding carboxylic acids is 1. The van der Waals surface area contributed by atoms with Gasteiger partial charge in [-0.2, -0.15) is 0 Å². The summed E-state index contributed by atoms with van der Waals surface area (Å²) in [6.07, 6.45) is 2.76. The molecule has 0 saturated carbocycles. The lowest BCUT2D eigenvalue weighted by Crippen LogP contribution is -2.16. The molecule has 0 saturated heterocycles. The van der Waals surface area contributed by atoms with Crippen molar-refractivity contribution in [2.45, 2.75) is 6.42 Å². The minimum atomic E-state index is -3.20. The average Bonchev–Trinajstić information content (AvgIpc) is 2.34. The Morgan fingerprint density at radius 1 is 1.62 bits per heavy atom. The molecule has 1 aromatic rings. The monoisotopic (exact) mass is 219 g/mol. The summed E-state index contributed by atoms with van der Waals surface area (Å²) in [5.41, 5.74) is 0. The van der Waals surface area contributed by atoms with E-state index in [-0.39, 0.29) is 12.2 Å². The van der Waals surface area contributed by atoms with Gasteiger partial charge in [0.15, 0.2) is 15.6 Å². The lowest BCUT2D eigenvalue weighted by atomic mass is 10.3. The van der Waals surface area contributed by atoms with Crippen LogP contribution >= 0.6 is 11.3 Å². The van der Waals surface area contributed by atoms with E-state index in [9.17, 15) is 13.2 Å². The summed E-state index contributed by atoms with van der Waals surface area (Å²) in [4.78, 5) is 15.0. The summed E-state index contributed by atoms with van der Waals surface area (Å²) < 4.78 is 21.5. The van der Waals surface area contributed by atoms with Gasteiger partial charge in [-0.25, -0.2) is 13.4 Å². The van der Waals surface area contributed by atoms with Crippen LogP contribution in [0.3, 0.4) is 0 Å².